The van der Waals surface area contributed by atoms with Gasteiger partial charge >= 0.3 is 0 Å². The maximum atomic E-state index is 11.9. The number of carbonyl (C=O) groups is 2. The van der Waals surface area contributed by atoms with Gasteiger partial charge in [-0.2, -0.15) is 0 Å². The number of aryl methyl sites for hydroxylation is 2. The highest BCUT2D eigenvalue weighted by Crippen LogP contribution is 2.27. The van der Waals surface area contributed by atoms with E-state index in [0.717, 1.165) is 29.8 Å². The number of nitrogens with one attached hydrogen (secondary N) is 1. The van der Waals surface area contributed by atoms with E-state index in [-0.39, 0.29) is 11.7 Å². The number of nitrogens with zero attached hydrogens (tertiary/aromatic N) is 1. The number of thiophene rings is 1. The second-order valence-electron chi connectivity index (χ2n) is 5.48. The largest absolute Gasteiger partial charge is 0.355 e. The molecule has 2 heterocycles. The van der Waals surface area contributed by atoms with E-state index >= 15 is 0 Å². The summed E-state index contributed by atoms with van der Waals surface area (Å²) in [6.07, 6.45) is 4.63. The fourth-order valence-electron chi connectivity index (χ4n) is 2.56. The lowest BCUT2D eigenvalue weighted by Gasteiger charge is -2.02. The topological polar surface area (TPSA) is 59.1 Å². The zero-order valence-electron chi connectivity index (χ0n) is 12.5. The number of thiazole rings is 1. The minimum atomic E-state index is -0.00278. The molecule has 1 N–H and O–H groups in total. The van der Waals surface area contributed by atoms with Crippen LogP contribution in [0.2, 0.25) is 0 Å². The zero-order chi connectivity index (χ0) is 15.5. The predicted octanol–water partition coefficient (Wildman–Crippen LogP) is 2.80. The number of amides is 1. The molecular weight excluding hydrogens is 316 g/mol. The Balaban J connectivity index is 1.44. The molecule has 1 amide bonds. The van der Waals surface area contributed by atoms with E-state index in [1.807, 2.05) is 5.38 Å². The first-order valence-electron chi connectivity index (χ1n) is 7.44. The average Bonchev–Trinajstić information content (AvgIpc) is 3.13. The second kappa shape index (κ2) is 6.71. The van der Waals surface area contributed by atoms with Crippen LogP contribution in [0.1, 0.15) is 44.2 Å². The summed E-state index contributed by atoms with van der Waals surface area (Å²) in [4.78, 5) is 29.9. The molecular formula is C16H18N2O2S2. The quantitative estimate of drug-likeness (QED) is 0.827. The van der Waals surface area contributed by atoms with Gasteiger partial charge in [0.1, 0.15) is 0 Å². The Kier molecular flexibility index (Phi) is 4.69. The Morgan fingerprint density at radius 3 is 2.95 bits per heavy atom. The molecule has 0 aromatic carbocycles. The molecule has 0 atom stereocenters. The van der Waals surface area contributed by atoms with Crippen molar-refractivity contribution in [3.63, 3.8) is 0 Å². The minimum Gasteiger partial charge on any atom is -0.355 e. The lowest BCUT2D eigenvalue weighted by Crippen LogP contribution is -2.27. The summed E-state index contributed by atoms with van der Waals surface area (Å²) in [5.74, 6) is 0.0467. The van der Waals surface area contributed by atoms with Crippen molar-refractivity contribution in [3.8, 4) is 0 Å². The zero-order valence-corrected chi connectivity index (χ0v) is 14.1. The molecule has 22 heavy (non-hydrogen) atoms. The number of rotatable bonds is 6. The fraction of sp³-hybridized carbons (Fsp3) is 0.438. The van der Waals surface area contributed by atoms with Crippen LogP contribution in [0.15, 0.2) is 11.4 Å². The number of ketones is 1. The lowest BCUT2D eigenvalue weighted by molar-refractivity contribution is -0.120. The van der Waals surface area contributed by atoms with Crippen LogP contribution in [0.3, 0.4) is 0 Å². The average molecular weight is 334 g/mol. The van der Waals surface area contributed by atoms with Gasteiger partial charge < -0.3 is 5.32 Å². The van der Waals surface area contributed by atoms with Gasteiger partial charge in [0.2, 0.25) is 5.91 Å². The van der Waals surface area contributed by atoms with E-state index < -0.39 is 0 Å². The van der Waals surface area contributed by atoms with Gasteiger partial charge in [-0.3, -0.25) is 9.59 Å². The Morgan fingerprint density at radius 2 is 2.23 bits per heavy atom. The van der Waals surface area contributed by atoms with Crippen LogP contribution in [0, 0.1) is 0 Å². The van der Waals surface area contributed by atoms with Crippen LogP contribution >= 0.6 is 22.7 Å². The third-order valence-corrected chi connectivity index (χ3v) is 5.96. The smallest absolute Gasteiger partial charge is 0.224 e. The molecule has 2 aromatic heterocycles. The molecule has 0 radical (unpaired) electrons. The molecule has 0 saturated carbocycles. The van der Waals surface area contributed by atoms with Crippen LogP contribution in [0.4, 0.5) is 0 Å². The van der Waals surface area contributed by atoms with E-state index in [4.69, 9.17) is 0 Å². The summed E-state index contributed by atoms with van der Waals surface area (Å²) in [5.41, 5.74) is 2.17. The number of fused-ring (bicyclic) bond motifs is 1. The minimum absolute atomic E-state index is 0.00278. The van der Waals surface area contributed by atoms with Gasteiger partial charge in [-0.05, 0) is 43.2 Å². The molecule has 0 aliphatic heterocycles. The van der Waals surface area contributed by atoms with Crippen LogP contribution in [0.5, 0.6) is 0 Å². The summed E-state index contributed by atoms with van der Waals surface area (Å²) < 4.78 is 0. The Hall–Kier alpha value is -1.53. The molecule has 0 spiro atoms. The number of hydrogen-bond acceptors (Lipinski definition) is 5. The normalized spacial score (nSPS) is 13.1. The third kappa shape index (κ3) is 3.62. The fourth-order valence-corrected chi connectivity index (χ4v) is 4.53. The first-order valence-corrected chi connectivity index (χ1v) is 9.14. The van der Waals surface area contributed by atoms with Crippen molar-refractivity contribution in [1.82, 2.24) is 10.3 Å². The van der Waals surface area contributed by atoms with Crippen molar-refractivity contribution in [2.45, 2.75) is 39.0 Å². The molecule has 0 bridgehead atoms. The molecule has 3 rings (SSSR count). The maximum absolute atomic E-state index is 11.9. The van der Waals surface area contributed by atoms with Crippen molar-refractivity contribution in [1.29, 1.82) is 0 Å². The van der Waals surface area contributed by atoms with Gasteiger partial charge in [0.15, 0.2) is 5.78 Å². The van der Waals surface area contributed by atoms with Crippen molar-refractivity contribution in [2.75, 3.05) is 6.54 Å². The summed E-state index contributed by atoms with van der Waals surface area (Å²) in [7, 11) is 0. The molecule has 6 heteroatoms. The molecule has 2 aromatic rings. The van der Waals surface area contributed by atoms with E-state index in [1.165, 1.54) is 28.3 Å². The van der Waals surface area contributed by atoms with Crippen molar-refractivity contribution in [3.05, 3.63) is 37.5 Å². The molecule has 116 valence electrons. The van der Waals surface area contributed by atoms with E-state index in [0.29, 0.717) is 17.8 Å². The molecule has 0 fully saturated rings. The Labute approximate surface area is 137 Å². The number of aromatic nitrogens is 1. The highest BCUT2D eigenvalue weighted by molar-refractivity contribution is 7.12. The van der Waals surface area contributed by atoms with E-state index in [9.17, 15) is 9.59 Å². The summed E-state index contributed by atoms with van der Waals surface area (Å²) >= 11 is 3.18. The first-order chi connectivity index (χ1) is 10.6. The van der Waals surface area contributed by atoms with Gasteiger partial charge in [0, 0.05) is 17.8 Å². The van der Waals surface area contributed by atoms with Crippen molar-refractivity contribution < 1.29 is 9.59 Å². The van der Waals surface area contributed by atoms with Gasteiger partial charge in [-0.25, -0.2) is 4.98 Å². The number of Topliss-reactive ketones (excluding diaryl/α,β-unsaturated/α-hetero) is 1. The molecule has 0 unspecified atom stereocenters. The summed E-state index contributed by atoms with van der Waals surface area (Å²) in [5, 5.41) is 5.93. The number of hydrogen-bond donors (Lipinski definition) is 1. The number of carbonyl (C=O) groups excluding carboxylic acids is 2. The highest BCUT2D eigenvalue weighted by atomic mass is 32.1. The van der Waals surface area contributed by atoms with Crippen LogP contribution in [-0.2, 0) is 30.5 Å². The molecule has 1 aliphatic rings. The predicted molar refractivity (Wildman–Crippen MR) is 88.9 cm³/mol. The standard InChI is InChI=1S/C16H18N2O2S2/c1-10(19)14-7-11(9-21-14)8-15(20)17-6-5-16-18-12-3-2-4-13(12)22-16/h7,9H,2-6,8H2,1H3,(H,17,20). The van der Waals surface area contributed by atoms with E-state index in [1.54, 1.807) is 24.3 Å². The van der Waals surface area contributed by atoms with Crippen molar-refractivity contribution >= 4 is 34.4 Å². The third-order valence-electron chi connectivity index (χ3n) is 3.67. The Morgan fingerprint density at radius 1 is 1.36 bits per heavy atom. The van der Waals surface area contributed by atoms with Crippen LogP contribution < -0.4 is 5.32 Å². The van der Waals surface area contributed by atoms with Gasteiger partial charge in [0.05, 0.1) is 22.0 Å². The monoisotopic (exact) mass is 334 g/mol. The molecule has 4 nitrogen and oxygen atoms in total. The van der Waals surface area contributed by atoms with Gasteiger partial charge in [0.25, 0.3) is 0 Å². The maximum Gasteiger partial charge on any atom is 0.224 e. The second-order valence-corrected chi connectivity index (χ2v) is 7.56. The SMILES string of the molecule is CC(=O)c1cc(CC(=O)NCCc2nc3c(s2)CCC3)cs1. The lowest BCUT2D eigenvalue weighted by atomic mass is 10.2. The summed E-state index contributed by atoms with van der Waals surface area (Å²) in [6, 6.07) is 1.80. The van der Waals surface area contributed by atoms with E-state index in [2.05, 4.69) is 10.3 Å². The highest BCUT2D eigenvalue weighted by Gasteiger charge is 2.16. The molecule has 0 saturated heterocycles. The van der Waals surface area contributed by atoms with Crippen molar-refractivity contribution in [2.24, 2.45) is 0 Å². The van der Waals surface area contributed by atoms with Gasteiger partial charge in [-0.1, -0.05) is 0 Å². The van der Waals surface area contributed by atoms with Crippen LogP contribution in [-0.4, -0.2) is 23.2 Å². The summed E-state index contributed by atoms with van der Waals surface area (Å²) in [6.45, 7) is 2.16. The van der Waals surface area contributed by atoms with Crippen LogP contribution in [0.25, 0.3) is 0 Å². The Bertz CT molecular complexity index is 681. The van der Waals surface area contributed by atoms with Gasteiger partial charge in [-0.15, -0.1) is 22.7 Å². The first kappa shape index (κ1) is 15.4. The molecule has 1 aliphatic carbocycles.